The summed E-state index contributed by atoms with van der Waals surface area (Å²) in [6, 6.07) is 13.2. The smallest absolute Gasteiger partial charge is 0.287 e. The number of carbonyl (C=O) groups excluding carboxylic acids is 1. The Hall–Kier alpha value is -2.11. The summed E-state index contributed by atoms with van der Waals surface area (Å²) in [7, 11) is 0. The quantitative estimate of drug-likeness (QED) is 0.778. The Morgan fingerprint density at radius 3 is 2.86 bits per heavy atom. The van der Waals surface area contributed by atoms with Gasteiger partial charge < -0.3 is 14.8 Å². The standard InChI is InChI=1S/C16H15NO3S/c1-16(19,10-17-15(18)12-6-4-8-20-12)14-9-11-5-2-3-7-13(11)21-14/h2-9,19H,10H2,1H3,(H,17,18). The number of fused-ring (bicyclic) bond motifs is 1. The number of hydrogen-bond donors (Lipinski definition) is 2. The van der Waals surface area contributed by atoms with Crippen LogP contribution in [-0.2, 0) is 5.60 Å². The zero-order valence-corrected chi connectivity index (χ0v) is 12.3. The van der Waals surface area contributed by atoms with Gasteiger partial charge in [0.1, 0.15) is 5.60 Å². The molecule has 0 spiro atoms. The van der Waals surface area contributed by atoms with Gasteiger partial charge in [-0.2, -0.15) is 0 Å². The van der Waals surface area contributed by atoms with Crippen LogP contribution in [0.4, 0.5) is 0 Å². The summed E-state index contributed by atoms with van der Waals surface area (Å²) in [5.41, 5.74) is -1.12. The number of hydrogen-bond acceptors (Lipinski definition) is 4. The van der Waals surface area contributed by atoms with Crippen LogP contribution in [0.25, 0.3) is 10.1 Å². The SMILES string of the molecule is CC(O)(CNC(=O)c1ccco1)c1cc2ccccc2s1. The Labute approximate surface area is 126 Å². The van der Waals surface area contributed by atoms with E-state index in [1.165, 1.54) is 17.6 Å². The third-order valence-corrected chi connectivity index (χ3v) is 4.66. The van der Waals surface area contributed by atoms with Crippen LogP contribution in [0.3, 0.4) is 0 Å². The van der Waals surface area contributed by atoms with E-state index >= 15 is 0 Å². The number of benzene rings is 1. The van der Waals surface area contributed by atoms with Gasteiger partial charge in [0.2, 0.25) is 0 Å². The van der Waals surface area contributed by atoms with Gasteiger partial charge in [0.25, 0.3) is 5.91 Å². The van der Waals surface area contributed by atoms with Crippen LogP contribution in [0.5, 0.6) is 0 Å². The molecule has 0 aliphatic rings. The van der Waals surface area contributed by atoms with E-state index in [0.717, 1.165) is 15.0 Å². The molecule has 1 atom stereocenters. The molecule has 0 aliphatic carbocycles. The van der Waals surface area contributed by atoms with Gasteiger partial charge in [0, 0.05) is 9.58 Å². The summed E-state index contributed by atoms with van der Waals surface area (Å²) in [6.45, 7) is 1.82. The Morgan fingerprint density at radius 2 is 2.14 bits per heavy atom. The normalized spacial score (nSPS) is 14.0. The molecule has 21 heavy (non-hydrogen) atoms. The van der Waals surface area contributed by atoms with Crippen molar-refractivity contribution in [1.29, 1.82) is 0 Å². The van der Waals surface area contributed by atoms with Crippen molar-refractivity contribution >= 4 is 27.3 Å². The maximum absolute atomic E-state index is 11.8. The second kappa shape index (κ2) is 5.35. The van der Waals surface area contributed by atoms with Crippen molar-refractivity contribution in [3.05, 3.63) is 59.4 Å². The highest BCUT2D eigenvalue weighted by Crippen LogP contribution is 2.32. The molecule has 1 aromatic carbocycles. The van der Waals surface area contributed by atoms with Crippen molar-refractivity contribution in [2.75, 3.05) is 6.54 Å². The molecule has 1 unspecified atom stereocenters. The van der Waals surface area contributed by atoms with E-state index < -0.39 is 5.60 Å². The van der Waals surface area contributed by atoms with Gasteiger partial charge in [0.15, 0.2) is 5.76 Å². The van der Waals surface area contributed by atoms with Gasteiger partial charge in [-0.15, -0.1) is 11.3 Å². The van der Waals surface area contributed by atoms with Crippen LogP contribution in [0.15, 0.2) is 53.1 Å². The number of thiophene rings is 1. The largest absolute Gasteiger partial charge is 0.459 e. The lowest BCUT2D eigenvalue weighted by molar-refractivity contribution is 0.0549. The minimum atomic E-state index is -1.12. The molecule has 3 aromatic rings. The fraction of sp³-hybridized carbons (Fsp3) is 0.188. The van der Waals surface area contributed by atoms with Crippen LogP contribution < -0.4 is 5.32 Å². The highest BCUT2D eigenvalue weighted by molar-refractivity contribution is 7.19. The Morgan fingerprint density at radius 1 is 1.33 bits per heavy atom. The Balaban J connectivity index is 1.75. The summed E-state index contributed by atoms with van der Waals surface area (Å²) < 4.78 is 6.14. The summed E-state index contributed by atoms with van der Waals surface area (Å²) in [5.74, 6) is -0.0940. The lowest BCUT2D eigenvalue weighted by Crippen LogP contribution is -2.37. The number of carbonyl (C=O) groups is 1. The molecule has 1 amide bonds. The number of furan rings is 1. The fourth-order valence-corrected chi connectivity index (χ4v) is 3.19. The minimum absolute atomic E-state index is 0.124. The summed E-state index contributed by atoms with van der Waals surface area (Å²) in [4.78, 5) is 12.7. The van der Waals surface area contributed by atoms with Crippen LogP contribution in [0.2, 0.25) is 0 Å². The highest BCUT2D eigenvalue weighted by atomic mass is 32.1. The third-order valence-electron chi connectivity index (χ3n) is 3.29. The average Bonchev–Trinajstić information content (AvgIpc) is 3.13. The van der Waals surface area contributed by atoms with Crippen molar-refractivity contribution < 1.29 is 14.3 Å². The molecule has 2 N–H and O–H groups in total. The zero-order valence-electron chi connectivity index (χ0n) is 11.5. The number of amides is 1. The van der Waals surface area contributed by atoms with E-state index in [1.807, 2.05) is 30.3 Å². The van der Waals surface area contributed by atoms with Gasteiger partial charge in [-0.1, -0.05) is 18.2 Å². The first-order valence-corrected chi connectivity index (χ1v) is 7.41. The maximum Gasteiger partial charge on any atom is 0.287 e. The van der Waals surface area contributed by atoms with Crippen molar-refractivity contribution in [3.8, 4) is 0 Å². The van der Waals surface area contributed by atoms with Gasteiger partial charge in [-0.3, -0.25) is 4.79 Å². The predicted octanol–water partition coefficient (Wildman–Crippen LogP) is 3.13. The van der Waals surface area contributed by atoms with E-state index in [-0.39, 0.29) is 18.2 Å². The Bertz CT molecular complexity index is 726. The molecule has 0 radical (unpaired) electrons. The molecule has 4 nitrogen and oxygen atoms in total. The molecular weight excluding hydrogens is 286 g/mol. The molecule has 0 saturated heterocycles. The predicted molar refractivity (Wildman–Crippen MR) is 82.4 cm³/mol. The first-order chi connectivity index (χ1) is 10.1. The van der Waals surface area contributed by atoms with Crippen molar-refractivity contribution in [1.82, 2.24) is 5.32 Å². The van der Waals surface area contributed by atoms with Crippen LogP contribution in [-0.4, -0.2) is 17.6 Å². The molecule has 2 heterocycles. The van der Waals surface area contributed by atoms with E-state index in [4.69, 9.17) is 4.42 Å². The van der Waals surface area contributed by atoms with Crippen molar-refractivity contribution in [2.24, 2.45) is 0 Å². The van der Waals surface area contributed by atoms with E-state index in [2.05, 4.69) is 5.32 Å². The first-order valence-electron chi connectivity index (χ1n) is 6.59. The molecule has 0 fully saturated rings. The highest BCUT2D eigenvalue weighted by Gasteiger charge is 2.26. The second-order valence-corrected chi connectivity index (χ2v) is 6.17. The van der Waals surface area contributed by atoms with Gasteiger partial charge >= 0.3 is 0 Å². The molecule has 108 valence electrons. The van der Waals surface area contributed by atoms with Crippen molar-refractivity contribution in [3.63, 3.8) is 0 Å². The number of rotatable bonds is 4. The van der Waals surface area contributed by atoms with Crippen LogP contribution >= 0.6 is 11.3 Å². The van der Waals surface area contributed by atoms with Crippen molar-refractivity contribution in [2.45, 2.75) is 12.5 Å². The lowest BCUT2D eigenvalue weighted by Gasteiger charge is -2.21. The van der Waals surface area contributed by atoms with Crippen LogP contribution in [0.1, 0.15) is 22.4 Å². The Kier molecular flexibility index (Phi) is 3.53. The molecule has 0 bridgehead atoms. The molecule has 0 aliphatic heterocycles. The minimum Gasteiger partial charge on any atom is -0.459 e. The molecule has 0 saturated carbocycles. The monoisotopic (exact) mass is 301 g/mol. The third kappa shape index (κ3) is 2.84. The second-order valence-electron chi connectivity index (χ2n) is 5.08. The topological polar surface area (TPSA) is 62.5 Å². The summed E-state index contributed by atoms with van der Waals surface area (Å²) >= 11 is 1.53. The molecule has 5 heteroatoms. The number of aliphatic hydroxyl groups is 1. The van der Waals surface area contributed by atoms with Gasteiger partial charge in [-0.25, -0.2) is 0 Å². The van der Waals surface area contributed by atoms with Crippen LogP contribution in [0, 0.1) is 0 Å². The number of nitrogens with one attached hydrogen (secondary N) is 1. The zero-order chi connectivity index (χ0) is 14.9. The first kappa shape index (κ1) is 13.9. The fourth-order valence-electron chi connectivity index (χ4n) is 2.08. The molecule has 2 aromatic heterocycles. The summed E-state index contributed by atoms with van der Waals surface area (Å²) in [6.07, 6.45) is 1.44. The lowest BCUT2D eigenvalue weighted by atomic mass is 10.0. The van der Waals surface area contributed by atoms with E-state index in [0.29, 0.717) is 0 Å². The van der Waals surface area contributed by atoms with E-state index in [1.54, 1.807) is 19.1 Å². The van der Waals surface area contributed by atoms with Gasteiger partial charge in [-0.05, 0) is 36.6 Å². The average molecular weight is 301 g/mol. The van der Waals surface area contributed by atoms with Gasteiger partial charge in [0.05, 0.1) is 12.8 Å². The maximum atomic E-state index is 11.8. The molecular formula is C16H15NO3S. The summed E-state index contributed by atoms with van der Waals surface area (Å²) in [5, 5.41) is 14.4. The molecule has 3 rings (SSSR count). The van der Waals surface area contributed by atoms with E-state index in [9.17, 15) is 9.90 Å².